The van der Waals surface area contributed by atoms with Gasteiger partial charge >= 0.3 is 0 Å². The molecule has 0 saturated carbocycles. The third-order valence-electron chi connectivity index (χ3n) is 4.57. The molecule has 24 heavy (non-hydrogen) atoms. The highest BCUT2D eigenvalue weighted by Gasteiger charge is 2.39. The van der Waals surface area contributed by atoms with Gasteiger partial charge in [-0.25, -0.2) is 4.68 Å². The Labute approximate surface area is 150 Å². The minimum absolute atomic E-state index is 0.347. The summed E-state index contributed by atoms with van der Waals surface area (Å²) in [7, 11) is 0. The quantitative estimate of drug-likeness (QED) is 0.846. The summed E-state index contributed by atoms with van der Waals surface area (Å²) >= 11 is 11.3. The summed E-state index contributed by atoms with van der Waals surface area (Å²) in [6.45, 7) is 3.93. The molecule has 1 spiro atoms. The lowest BCUT2D eigenvalue weighted by Crippen LogP contribution is -2.45. The number of aromatic amines is 1. The number of halogens is 1. The largest absolute Gasteiger partial charge is 0.347 e. The van der Waals surface area contributed by atoms with Crippen molar-refractivity contribution >= 4 is 23.8 Å². The summed E-state index contributed by atoms with van der Waals surface area (Å²) in [4.78, 5) is 6.78. The summed E-state index contributed by atoms with van der Waals surface area (Å²) in [6, 6.07) is 7.55. The van der Waals surface area contributed by atoms with E-state index in [1.54, 1.807) is 0 Å². The smallest absolute Gasteiger partial charge is 0.217 e. The van der Waals surface area contributed by atoms with Crippen molar-refractivity contribution in [3.05, 3.63) is 34.1 Å². The minimum Gasteiger partial charge on any atom is -0.347 e. The number of piperidine rings is 1. The van der Waals surface area contributed by atoms with Crippen molar-refractivity contribution < 1.29 is 9.47 Å². The number of aromatic nitrogens is 3. The summed E-state index contributed by atoms with van der Waals surface area (Å²) in [6.07, 6.45) is 1.77. The lowest BCUT2D eigenvalue weighted by Gasteiger charge is -2.37. The van der Waals surface area contributed by atoms with Crippen molar-refractivity contribution in [1.82, 2.24) is 19.7 Å². The van der Waals surface area contributed by atoms with Gasteiger partial charge in [0.25, 0.3) is 0 Å². The van der Waals surface area contributed by atoms with Gasteiger partial charge in [0.15, 0.2) is 11.6 Å². The molecular formula is C16H19ClN4O2S. The molecule has 1 aromatic heterocycles. The van der Waals surface area contributed by atoms with Crippen LogP contribution in [0.15, 0.2) is 24.3 Å². The molecule has 1 aromatic carbocycles. The number of hydrogen-bond donors (Lipinski definition) is 1. The first-order valence-corrected chi connectivity index (χ1v) is 8.85. The van der Waals surface area contributed by atoms with E-state index < -0.39 is 0 Å². The highest BCUT2D eigenvalue weighted by Crippen LogP contribution is 2.31. The number of rotatable bonds is 3. The molecule has 3 heterocycles. The van der Waals surface area contributed by atoms with Crippen LogP contribution in [0.1, 0.15) is 12.8 Å². The summed E-state index contributed by atoms with van der Waals surface area (Å²) < 4.78 is 14.0. The molecule has 0 amide bonds. The van der Waals surface area contributed by atoms with Crippen LogP contribution >= 0.6 is 23.8 Å². The molecule has 128 valence electrons. The first-order chi connectivity index (χ1) is 11.6. The fourth-order valence-corrected chi connectivity index (χ4v) is 3.53. The van der Waals surface area contributed by atoms with E-state index in [4.69, 9.17) is 33.3 Å². The van der Waals surface area contributed by atoms with Crippen LogP contribution in [-0.2, 0) is 16.1 Å². The molecule has 2 saturated heterocycles. The molecule has 6 nitrogen and oxygen atoms in total. The summed E-state index contributed by atoms with van der Waals surface area (Å²) in [5.41, 5.74) is 0.967. The maximum Gasteiger partial charge on any atom is 0.217 e. The van der Waals surface area contributed by atoms with Gasteiger partial charge in [0.05, 0.1) is 19.9 Å². The van der Waals surface area contributed by atoms with Gasteiger partial charge in [-0.3, -0.25) is 10.00 Å². The van der Waals surface area contributed by atoms with Gasteiger partial charge in [-0.2, -0.15) is 4.98 Å². The number of likely N-dealkylation sites (tertiary alicyclic amines) is 1. The van der Waals surface area contributed by atoms with Gasteiger partial charge in [0.1, 0.15) is 0 Å². The number of nitrogens with zero attached hydrogens (tertiary/aromatic N) is 3. The molecule has 2 aromatic rings. The van der Waals surface area contributed by atoms with Crippen LogP contribution in [0, 0.1) is 4.77 Å². The Morgan fingerprint density at radius 1 is 1.17 bits per heavy atom. The van der Waals surface area contributed by atoms with Crippen molar-refractivity contribution in [1.29, 1.82) is 0 Å². The van der Waals surface area contributed by atoms with Gasteiger partial charge < -0.3 is 9.47 Å². The van der Waals surface area contributed by atoms with Gasteiger partial charge in [0, 0.05) is 36.5 Å². The van der Waals surface area contributed by atoms with Crippen LogP contribution in [0.25, 0.3) is 11.4 Å². The van der Waals surface area contributed by atoms with Crippen molar-refractivity contribution in [3.63, 3.8) is 0 Å². The van der Waals surface area contributed by atoms with Crippen LogP contribution < -0.4 is 0 Å². The number of hydrogen-bond acceptors (Lipinski definition) is 5. The molecule has 2 fully saturated rings. The third-order valence-corrected chi connectivity index (χ3v) is 5.13. The zero-order valence-corrected chi connectivity index (χ0v) is 14.8. The maximum atomic E-state index is 5.93. The topological polar surface area (TPSA) is 55.3 Å². The highest BCUT2D eigenvalue weighted by molar-refractivity contribution is 7.71. The molecule has 0 radical (unpaired) electrons. The van der Waals surface area contributed by atoms with Gasteiger partial charge in [-0.15, -0.1) is 0 Å². The number of H-pyrrole nitrogens is 1. The lowest BCUT2D eigenvalue weighted by atomic mass is 10.0. The Hall–Kier alpha value is -1.25. The van der Waals surface area contributed by atoms with Gasteiger partial charge in [-0.05, 0) is 36.5 Å². The van der Waals surface area contributed by atoms with E-state index in [9.17, 15) is 0 Å². The predicted octanol–water partition coefficient (Wildman–Crippen LogP) is 3.06. The second kappa shape index (κ2) is 6.57. The van der Waals surface area contributed by atoms with Crippen molar-refractivity contribution in [2.45, 2.75) is 25.3 Å². The van der Waals surface area contributed by atoms with E-state index in [0.29, 0.717) is 29.7 Å². The number of ether oxygens (including phenoxy) is 2. The van der Waals surface area contributed by atoms with Crippen LogP contribution in [0.2, 0.25) is 5.02 Å². The Kier molecular flexibility index (Phi) is 4.44. The Balaban J connectivity index is 1.44. The van der Waals surface area contributed by atoms with Crippen LogP contribution in [0.5, 0.6) is 0 Å². The first-order valence-electron chi connectivity index (χ1n) is 8.07. The monoisotopic (exact) mass is 366 g/mol. The second-order valence-corrected chi connectivity index (χ2v) is 6.96. The molecule has 8 heteroatoms. The molecule has 0 atom stereocenters. The van der Waals surface area contributed by atoms with Crippen molar-refractivity contribution in [3.8, 4) is 11.4 Å². The van der Waals surface area contributed by atoms with E-state index in [-0.39, 0.29) is 5.79 Å². The van der Waals surface area contributed by atoms with E-state index >= 15 is 0 Å². The zero-order valence-electron chi connectivity index (χ0n) is 13.2. The average Bonchev–Trinajstić information content (AvgIpc) is 3.18. The maximum absolute atomic E-state index is 5.93. The van der Waals surface area contributed by atoms with Crippen LogP contribution in [0.4, 0.5) is 0 Å². The molecule has 2 aliphatic rings. The van der Waals surface area contributed by atoms with E-state index in [2.05, 4.69) is 15.0 Å². The Bertz CT molecular complexity index is 757. The Morgan fingerprint density at radius 2 is 1.83 bits per heavy atom. The number of benzene rings is 1. The Morgan fingerprint density at radius 3 is 2.50 bits per heavy atom. The fourth-order valence-electron chi connectivity index (χ4n) is 3.21. The third kappa shape index (κ3) is 3.27. The molecule has 2 aliphatic heterocycles. The van der Waals surface area contributed by atoms with Gasteiger partial charge in [0.2, 0.25) is 4.77 Å². The normalized spacial score (nSPS) is 20.7. The number of nitrogens with one attached hydrogen (secondary N) is 1. The summed E-state index contributed by atoms with van der Waals surface area (Å²) in [5.74, 6) is 0.410. The fraction of sp³-hybridized carbons (Fsp3) is 0.500. The van der Waals surface area contributed by atoms with Crippen LogP contribution in [0.3, 0.4) is 0 Å². The van der Waals surface area contributed by atoms with Crippen molar-refractivity contribution in [2.24, 2.45) is 0 Å². The van der Waals surface area contributed by atoms with Gasteiger partial charge in [-0.1, -0.05) is 11.6 Å². The first kappa shape index (κ1) is 16.2. The zero-order chi connectivity index (χ0) is 16.6. The molecule has 0 bridgehead atoms. The van der Waals surface area contributed by atoms with Crippen LogP contribution in [-0.4, -0.2) is 51.8 Å². The van der Waals surface area contributed by atoms with E-state index in [1.807, 2.05) is 28.9 Å². The average molecular weight is 367 g/mol. The molecule has 0 unspecified atom stereocenters. The molecule has 4 rings (SSSR count). The highest BCUT2D eigenvalue weighted by atomic mass is 35.5. The minimum atomic E-state index is -0.347. The molecular weight excluding hydrogens is 348 g/mol. The predicted molar refractivity (Wildman–Crippen MR) is 93.3 cm³/mol. The molecule has 0 aliphatic carbocycles. The SMILES string of the molecule is S=c1nc(-c2ccc(Cl)cc2)[nH]n1CN1CCC2(CC1)OCCO2. The lowest BCUT2D eigenvalue weighted by molar-refractivity contribution is -0.187. The standard InChI is InChI=1S/C16H19ClN4O2S/c17-13-3-1-12(2-4-13)14-18-15(24)21(19-14)11-20-7-5-16(6-8-20)22-9-10-23-16/h1-4H,5-11H2,(H,18,19,24). The van der Waals surface area contributed by atoms with E-state index in [0.717, 1.165) is 37.3 Å². The van der Waals surface area contributed by atoms with E-state index in [1.165, 1.54) is 0 Å². The second-order valence-electron chi connectivity index (χ2n) is 6.16. The molecule has 1 N–H and O–H groups in total. The van der Waals surface area contributed by atoms with Crippen molar-refractivity contribution in [2.75, 3.05) is 26.3 Å². The summed E-state index contributed by atoms with van der Waals surface area (Å²) in [5, 5.41) is 3.98.